The van der Waals surface area contributed by atoms with Crippen molar-refractivity contribution in [3.05, 3.63) is 47.8 Å². The zero-order valence-corrected chi connectivity index (χ0v) is 10.7. The molecule has 0 aliphatic rings. The van der Waals surface area contributed by atoms with Gasteiger partial charge in [-0.05, 0) is 44.2 Å². The van der Waals surface area contributed by atoms with E-state index in [1.165, 1.54) is 6.92 Å². The van der Waals surface area contributed by atoms with Crippen molar-refractivity contribution < 1.29 is 9.21 Å². The summed E-state index contributed by atoms with van der Waals surface area (Å²) in [6.07, 6.45) is 1.73. The number of aryl methyl sites for hydroxylation is 1. The maximum Gasteiger partial charge on any atom is 0.229 e. The first-order valence-electron chi connectivity index (χ1n) is 5.98. The highest BCUT2D eigenvalue weighted by atomic mass is 16.3. The van der Waals surface area contributed by atoms with E-state index in [1.807, 2.05) is 19.1 Å². The van der Waals surface area contributed by atoms with Gasteiger partial charge in [-0.15, -0.1) is 0 Å². The van der Waals surface area contributed by atoms with Gasteiger partial charge in [0.25, 0.3) is 0 Å². The number of benzene rings is 1. The summed E-state index contributed by atoms with van der Waals surface area (Å²) in [5, 5.41) is 0. The molecule has 0 aliphatic heterocycles. The third-order valence-electron chi connectivity index (χ3n) is 3.03. The van der Waals surface area contributed by atoms with Crippen LogP contribution in [0.15, 0.2) is 40.9 Å². The number of carbonyl (C=O) groups excluding carboxylic acids is 1. The molecular formula is C15H12N2O2. The average Bonchev–Trinajstić information content (AvgIpc) is 2.81. The Morgan fingerprint density at radius 3 is 2.84 bits per heavy atom. The first-order chi connectivity index (χ1) is 9.15. The maximum atomic E-state index is 11.4. The Hall–Kier alpha value is -2.49. The molecule has 0 saturated heterocycles. The first-order valence-corrected chi connectivity index (χ1v) is 5.98. The van der Waals surface area contributed by atoms with Gasteiger partial charge in [0.15, 0.2) is 11.4 Å². The lowest BCUT2D eigenvalue weighted by atomic mass is 10.1. The number of rotatable bonds is 2. The van der Waals surface area contributed by atoms with Crippen LogP contribution in [0.1, 0.15) is 23.0 Å². The van der Waals surface area contributed by atoms with Gasteiger partial charge in [0.2, 0.25) is 5.89 Å². The largest absolute Gasteiger partial charge is 0.436 e. The molecule has 94 valence electrons. The molecule has 19 heavy (non-hydrogen) atoms. The van der Waals surface area contributed by atoms with E-state index in [0.717, 1.165) is 11.3 Å². The molecule has 0 N–H and O–H groups in total. The maximum absolute atomic E-state index is 11.4. The van der Waals surface area contributed by atoms with Gasteiger partial charge in [-0.25, -0.2) is 4.98 Å². The summed E-state index contributed by atoms with van der Waals surface area (Å²) in [5.74, 6) is 0.547. The number of carbonyl (C=O) groups is 1. The van der Waals surface area contributed by atoms with Crippen LogP contribution in [0.5, 0.6) is 0 Å². The van der Waals surface area contributed by atoms with Crippen molar-refractivity contribution in [3.63, 3.8) is 0 Å². The van der Waals surface area contributed by atoms with Crippen LogP contribution in [-0.2, 0) is 0 Å². The predicted octanol–water partition coefficient (Wildman–Crippen LogP) is 3.40. The molecule has 2 heterocycles. The minimum Gasteiger partial charge on any atom is -0.436 e. The van der Waals surface area contributed by atoms with E-state index in [1.54, 1.807) is 24.4 Å². The van der Waals surface area contributed by atoms with Crippen LogP contribution in [0.25, 0.3) is 22.6 Å². The SMILES string of the molecule is CC(=O)c1ccc2oc(-c3cccnc3C)nc2c1. The van der Waals surface area contributed by atoms with E-state index >= 15 is 0 Å². The Labute approximate surface area is 110 Å². The second-order valence-electron chi connectivity index (χ2n) is 4.39. The smallest absolute Gasteiger partial charge is 0.229 e. The molecule has 0 amide bonds. The standard InChI is InChI=1S/C15H12N2O2/c1-9-12(4-3-7-16-9)15-17-13-8-11(10(2)18)5-6-14(13)19-15/h3-8H,1-2H3. The van der Waals surface area contributed by atoms with Gasteiger partial charge < -0.3 is 4.42 Å². The second kappa shape index (κ2) is 4.31. The fourth-order valence-electron chi connectivity index (χ4n) is 1.97. The molecule has 0 radical (unpaired) electrons. The molecule has 0 aliphatic carbocycles. The zero-order valence-electron chi connectivity index (χ0n) is 10.7. The van der Waals surface area contributed by atoms with Crippen molar-refractivity contribution in [1.29, 1.82) is 0 Å². The minimum atomic E-state index is 0.0176. The number of nitrogens with zero attached hydrogens (tertiary/aromatic N) is 2. The third kappa shape index (κ3) is 2.01. The van der Waals surface area contributed by atoms with E-state index in [2.05, 4.69) is 9.97 Å². The first kappa shape index (κ1) is 11.6. The van der Waals surface area contributed by atoms with Crippen molar-refractivity contribution in [3.8, 4) is 11.5 Å². The number of Topliss-reactive ketones (excluding diaryl/α,β-unsaturated/α-hetero) is 1. The topological polar surface area (TPSA) is 56.0 Å². The van der Waals surface area contributed by atoms with Crippen molar-refractivity contribution in [2.45, 2.75) is 13.8 Å². The van der Waals surface area contributed by atoms with Gasteiger partial charge >= 0.3 is 0 Å². The Bertz CT molecular complexity index is 775. The van der Waals surface area contributed by atoms with Crippen LogP contribution in [0.2, 0.25) is 0 Å². The quantitative estimate of drug-likeness (QED) is 0.656. The zero-order chi connectivity index (χ0) is 13.4. The van der Waals surface area contributed by atoms with Gasteiger partial charge in [-0.1, -0.05) is 0 Å². The van der Waals surface area contributed by atoms with Crippen LogP contribution >= 0.6 is 0 Å². The number of fused-ring (bicyclic) bond motifs is 1. The number of oxazole rings is 1. The van der Waals surface area contributed by atoms with E-state index in [0.29, 0.717) is 22.6 Å². The van der Waals surface area contributed by atoms with Gasteiger partial charge in [-0.3, -0.25) is 9.78 Å². The Balaban J connectivity index is 2.17. The lowest BCUT2D eigenvalue weighted by molar-refractivity contribution is 0.101. The lowest BCUT2D eigenvalue weighted by Crippen LogP contribution is -1.90. The van der Waals surface area contributed by atoms with Crippen LogP contribution in [0.4, 0.5) is 0 Å². The summed E-state index contributed by atoms with van der Waals surface area (Å²) in [6.45, 7) is 3.44. The fraction of sp³-hybridized carbons (Fsp3) is 0.133. The molecule has 3 rings (SSSR count). The molecule has 0 saturated carbocycles. The van der Waals surface area contributed by atoms with Crippen LogP contribution in [0, 0.1) is 6.92 Å². The Morgan fingerprint density at radius 2 is 2.11 bits per heavy atom. The average molecular weight is 252 g/mol. The highest BCUT2D eigenvalue weighted by Crippen LogP contribution is 2.26. The van der Waals surface area contributed by atoms with Gasteiger partial charge in [0.05, 0.1) is 5.56 Å². The number of hydrogen-bond donors (Lipinski definition) is 0. The molecular weight excluding hydrogens is 240 g/mol. The van der Waals surface area contributed by atoms with Crippen molar-refractivity contribution in [1.82, 2.24) is 9.97 Å². The molecule has 0 unspecified atom stereocenters. The Kier molecular flexibility index (Phi) is 2.63. The molecule has 0 atom stereocenters. The summed E-state index contributed by atoms with van der Waals surface area (Å²) in [4.78, 5) is 20.0. The summed E-state index contributed by atoms with van der Waals surface area (Å²) in [7, 11) is 0. The molecule has 0 fully saturated rings. The number of hydrogen-bond acceptors (Lipinski definition) is 4. The van der Waals surface area contributed by atoms with Crippen molar-refractivity contribution in [2.24, 2.45) is 0 Å². The van der Waals surface area contributed by atoms with Gasteiger partial charge in [0, 0.05) is 17.5 Å². The van der Waals surface area contributed by atoms with E-state index in [-0.39, 0.29) is 5.78 Å². The number of aromatic nitrogens is 2. The molecule has 4 heteroatoms. The monoisotopic (exact) mass is 252 g/mol. The highest BCUT2D eigenvalue weighted by molar-refractivity contribution is 5.97. The van der Waals surface area contributed by atoms with Crippen molar-refractivity contribution in [2.75, 3.05) is 0 Å². The number of pyridine rings is 1. The van der Waals surface area contributed by atoms with Crippen LogP contribution in [0.3, 0.4) is 0 Å². The highest BCUT2D eigenvalue weighted by Gasteiger charge is 2.12. The van der Waals surface area contributed by atoms with E-state index in [9.17, 15) is 4.79 Å². The normalized spacial score (nSPS) is 10.8. The molecule has 3 aromatic rings. The summed E-state index contributed by atoms with van der Waals surface area (Å²) < 4.78 is 5.71. The summed E-state index contributed by atoms with van der Waals surface area (Å²) >= 11 is 0. The molecule has 0 spiro atoms. The van der Waals surface area contributed by atoms with E-state index in [4.69, 9.17) is 4.42 Å². The molecule has 1 aromatic carbocycles. The summed E-state index contributed by atoms with van der Waals surface area (Å²) in [5.41, 5.74) is 3.72. The van der Waals surface area contributed by atoms with Gasteiger partial charge in [-0.2, -0.15) is 0 Å². The Morgan fingerprint density at radius 1 is 1.26 bits per heavy atom. The van der Waals surface area contributed by atoms with Gasteiger partial charge in [0.1, 0.15) is 5.52 Å². The second-order valence-corrected chi connectivity index (χ2v) is 4.39. The number of ketones is 1. The van der Waals surface area contributed by atoms with E-state index < -0.39 is 0 Å². The molecule has 0 bridgehead atoms. The van der Waals surface area contributed by atoms with Crippen LogP contribution < -0.4 is 0 Å². The summed E-state index contributed by atoms with van der Waals surface area (Å²) in [6, 6.07) is 9.03. The molecule has 2 aromatic heterocycles. The fourth-order valence-corrected chi connectivity index (χ4v) is 1.97. The lowest BCUT2D eigenvalue weighted by Gasteiger charge is -1.97. The molecule has 4 nitrogen and oxygen atoms in total. The predicted molar refractivity (Wildman–Crippen MR) is 72.0 cm³/mol. The van der Waals surface area contributed by atoms with Crippen molar-refractivity contribution >= 4 is 16.9 Å². The minimum absolute atomic E-state index is 0.0176. The van der Waals surface area contributed by atoms with Crippen LogP contribution in [-0.4, -0.2) is 15.8 Å². The third-order valence-corrected chi connectivity index (χ3v) is 3.03.